The molecule has 0 spiro atoms. The lowest BCUT2D eigenvalue weighted by Gasteiger charge is -1.99. The molecule has 0 aliphatic carbocycles. The van der Waals surface area contributed by atoms with Crippen LogP contribution in [0.15, 0.2) is 12.2 Å². The molecule has 2 N–H and O–H groups in total. The van der Waals surface area contributed by atoms with E-state index in [-0.39, 0.29) is 0 Å². The van der Waals surface area contributed by atoms with Gasteiger partial charge in [0.05, 0.1) is 0 Å². The number of hydrogen-bond acceptors (Lipinski definition) is 2. The number of unbranched alkanes of at least 4 members (excludes halogenated alkanes) is 3. The molecule has 0 unspecified atom stereocenters. The van der Waals surface area contributed by atoms with Crippen molar-refractivity contribution in [3.05, 3.63) is 12.2 Å². The third-order valence-corrected chi connectivity index (χ3v) is 1.83. The van der Waals surface area contributed by atoms with Crippen LogP contribution in [0.3, 0.4) is 0 Å². The first-order chi connectivity index (χ1) is 6.59. The maximum atomic E-state index is 10.4. The molecule has 0 bridgehead atoms. The summed E-state index contributed by atoms with van der Waals surface area (Å²) in [7, 11) is 0. The Balaban J connectivity index is 3.91. The molecular weight excluding hydrogens is 184 g/mol. The van der Waals surface area contributed by atoms with Gasteiger partial charge >= 0.3 is 11.9 Å². The first-order valence-electron chi connectivity index (χ1n) is 4.71. The molecule has 4 heteroatoms. The zero-order chi connectivity index (χ0) is 11.0. The van der Waals surface area contributed by atoms with Crippen molar-refractivity contribution >= 4 is 11.9 Å². The molecule has 0 heterocycles. The van der Waals surface area contributed by atoms with Gasteiger partial charge in [-0.1, -0.05) is 31.9 Å². The number of rotatable bonds is 7. The van der Waals surface area contributed by atoms with Crippen molar-refractivity contribution in [2.45, 2.75) is 32.6 Å². The van der Waals surface area contributed by atoms with Crippen LogP contribution in [0.2, 0.25) is 0 Å². The molecule has 0 aromatic heterocycles. The maximum Gasteiger partial charge on any atom is 0.321 e. The highest BCUT2D eigenvalue weighted by molar-refractivity contribution is 5.94. The molecule has 0 aromatic rings. The predicted molar refractivity (Wildman–Crippen MR) is 52.0 cm³/mol. The first kappa shape index (κ1) is 12.7. The molecular formula is C10H16O4. The van der Waals surface area contributed by atoms with Crippen LogP contribution in [0.4, 0.5) is 0 Å². The Morgan fingerprint density at radius 2 is 1.79 bits per heavy atom. The van der Waals surface area contributed by atoms with Gasteiger partial charge in [-0.25, -0.2) is 0 Å². The van der Waals surface area contributed by atoms with Gasteiger partial charge in [0.25, 0.3) is 0 Å². The third-order valence-electron chi connectivity index (χ3n) is 1.83. The predicted octanol–water partition coefficient (Wildman–Crippen LogP) is 1.91. The number of hydrogen-bond donors (Lipinski definition) is 2. The van der Waals surface area contributed by atoms with E-state index in [1.54, 1.807) is 6.08 Å². The molecule has 0 rings (SSSR count). The minimum Gasteiger partial charge on any atom is -0.480 e. The summed E-state index contributed by atoms with van der Waals surface area (Å²) in [5.41, 5.74) is 0. The molecule has 14 heavy (non-hydrogen) atoms. The molecule has 0 saturated carbocycles. The number of allylic oxidation sites excluding steroid dienone is 1. The standard InChI is InChI=1S/C10H16O4/c1-2-3-4-5-6-7-8(9(11)12)10(13)14/h6-8H,2-5H2,1H3,(H,11,12)(H,13,14). The normalized spacial score (nSPS) is 11.0. The monoisotopic (exact) mass is 200 g/mol. The number of carbonyl (C=O) groups is 2. The molecule has 0 aromatic carbocycles. The molecule has 0 aliphatic rings. The second kappa shape index (κ2) is 7.12. The van der Waals surface area contributed by atoms with E-state index < -0.39 is 17.9 Å². The number of carboxylic acid groups (broad SMARTS) is 2. The summed E-state index contributed by atoms with van der Waals surface area (Å²) >= 11 is 0. The average Bonchev–Trinajstić information content (AvgIpc) is 2.09. The van der Waals surface area contributed by atoms with Gasteiger partial charge in [-0.3, -0.25) is 9.59 Å². The summed E-state index contributed by atoms with van der Waals surface area (Å²) in [6.45, 7) is 2.07. The Labute approximate surface area is 83.2 Å². The van der Waals surface area contributed by atoms with Gasteiger partial charge in [0.2, 0.25) is 0 Å². The van der Waals surface area contributed by atoms with E-state index in [4.69, 9.17) is 10.2 Å². The van der Waals surface area contributed by atoms with Crippen LogP contribution >= 0.6 is 0 Å². The van der Waals surface area contributed by atoms with Gasteiger partial charge in [0.15, 0.2) is 5.92 Å². The second-order valence-corrected chi connectivity index (χ2v) is 3.08. The van der Waals surface area contributed by atoms with Gasteiger partial charge in [-0.15, -0.1) is 0 Å². The molecule has 0 amide bonds. The van der Waals surface area contributed by atoms with Gasteiger partial charge in [0.1, 0.15) is 0 Å². The Hall–Kier alpha value is -1.32. The van der Waals surface area contributed by atoms with E-state index in [1.807, 2.05) is 0 Å². The molecule has 0 radical (unpaired) electrons. The zero-order valence-corrected chi connectivity index (χ0v) is 8.27. The van der Waals surface area contributed by atoms with Crippen LogP contribution in [-0.2, 0) is 9.59 Å². The topological polar surface area (TPSA) is 74.6 Å². The van der Waals surface area contributed by atoms with Gasteiger partial charge in [0, 0.05) is 0 Å². The number of aliphatic carboxylic acids is 2. The Bertz CT molecular complexity index is 206. The van der Waals surface area contributed by atoms with Crippen LogP contribution in [0.5, 0.6) is 0 Å². The quantitative estimate of drug-likeness (QED) is 0.374. The van der Waals surface area contributed by atoms with Crippen LogP contribution in [-0.4, -0.2) is 22.2 Å². The summed E-state index contributed by atoms with van der Waals surface area (Å²) in [5.74, 6) is -4.04. The highest BCUT2D eigenvalue weighted by atomic mass is 16.4. The van der Waals surface area contributed by atoms with Crippen molar-refractivity contribution in [1.29, 1.82) is 0 Å². The fourth-order valence-corrected chi connectivity index (χ4v) is 1.01. The van der Waals surface area contributed by atoms with E-state index in [9.17, 15) is 9.59 Å². The summed E-state index contributed by atoms with van der Waals surface area (Å²) in [6, 6.07) is 0. The van der Waals surface area contributed by atoms with Crippen LogP contribution in [0, 0.1) is 5.92 Å². The fourth-order valence-electron chi connectivity index (χ4n) is 1.01. The van der Waals surface area contributed by atoms with Crippen molar-refractivity contribution in [3.8, 4) is 0 Å². The molecule has 0 aliphatic heterocycles. The summed E-state index contributed by atoms with van der Waals surface area (Å²) in [6.07, 6.45) is 6.75. The van der Waals surface area contributed by atoms with Crippen molar-refractivity contribution in [2.24, 2.45) is 5.92 Å². The minimum absolute atomic E-state index is 0.741. The SMILES string of the molecule is CCCCCC=CC(C(=O)O)C(=O)O. The maximum absolute atomic E-state index is 10.4. The summed E-state index contributed by atoms with van der Waals surface area (Å²) < 4.78 is 0. The lowest BCUT2D eigenvalue weighted by atomic mass is 10.1. The van der Waals surface area contributed by atoms with Crippen molar-refractivity contribution in [2.75, 3.05) is 0 Å². The Morgan fingerprint density at radius 3 is 2.21 bits per heavy atom. The van der Waals surface area contributed by atoms with Gasteiger partial charge in [-0.2, -0.15) is 0 Å². The Kier molecular flexibility index (Phi) is 6.45. The van der Waals surface area contributed by atoms with E-state index in [0.717, 1.165) is 25.7 Å². The lowest BCUT2D eigenvalue weighted by molar-refractivity contribution is -0.151. The van der Waals surface area contributed by atoms with Crippen LogP contribution in [0.25, 0.3) is 0 Å². The van der Waals surface area contributed by atoms with Gasteiger partial charge in [-0.05, 0) is 12.8 Å². The summed E-state index contributed by atoms with van der Waals surface area (Å²) in [4.78, 5) is 20.9. The van der Waals surface area contributed by atoms with Gasteiger partial charge < -0.3 is 10.2 Å². The smallest absolute Gasteiger partial charge is 0.321 e. The van der Waals surface area contributed by atoms with E-state index in [0.29, 0.717) is 0 Å². The highest BCUT2D eigenvalue weighted by Gasteiger charge is 2.21. The first-order valence-corrected chi connectivity index (χ1v) is 4.71. The van der Waals surface area contributed by atoms with E-state index >= 15 is 0 Å². The van der Waals surface area contributed by atoms with Crippen molar-refractivity contribution in [3.63, 3.8) is 0 Å². The van der Waals surface area contributed by atoms with E-state index in [2.05, 4.69) is 6.92 Å². The largest absolute Gasteiger partial charge is 0.480 e. The lowest BCUT2D eigenvalue weighted by Crippen LogP contribution is -2.20. The molecule has 0 fully saturated rings. The molecule has 4 nitrogen and oxygen atoms in total. The van der Waals surface area contributed by atoms with Crippen LogP contribution < -0.4 is 0 Å². The van der Waals surface area contributed by atoms with Crippen molar-refractivity contribution in [1.82, 2.24) is 0 Å². The van der Waals surface area contributed by atoms with Crippen molar-refractivity contribution < 1.29 is 19.8 Å². The minimum atomic E-state index is -1.41. The highest BCUT2D eigenvalue weighted by Crippen LogP contribution is 2.04. The fraction of sp³-hybridized carbons (Fsp3) is 0.600. The molecule has 0 atom stereocenters. The zero-order valence-electron chi connectivity index (χ0n) is 8.27. The summed E-state index contributed by atoms with van der Waals surface area (Å²) in [5, 5.41) is 17.0. The second-order valence-electron chi connectivity index (χ2n) is 3.08. The molecule has 80 valence electrons. The number of carboxylic acids is 2. The average molecular weight is 200 g/mol. The molecule has 0 saturated heterocycles. The Morgan fingerprint density at radius 1 is 1.21 bits per heavy atom. The third kappa shape index (κ3) is 5.35. The van der Waals surface area contributed by atoms with E-state index in [1.165, 1.54) is 6.08 Å². The van der Waals surface area contributed by atoms with Crippen LogP contribution in [0.1, 0.15) is 32.6 Å².